The third kappa shape index (κ3) is 3.72. The molecule has 0 radical (unpaired) electrons. The molecular weight excluding hydrogens is 256 g/mol. The maximum Gasteiger partial charge on any atom is 0.310 e. The molecule has 20 heavy (non-hydrogen) atoms. The molecule has 0 aromatic rings. The predicted molar refractivity (Wildman–Crippen MR) is 76.2 cm³/mol. The second kappa shape index (κ2) is 7.07. The highest BCUT2D eigenvalue weighted by Gasteiger charge is 2.35. The maximum atomic E-state index is 11.9. The van der Waals surface area contributed by atoms with Crippen molar-refractivity contribution >= 4 is 11.9 Å². The monoisotopic (exact) mass is 282 g/mol. The second-order valence-corrected chi connectivity index (χ2v) is 5.93. The average Bonchev–Trinajstić information content (AvgIpc) is 2.86. The summed E-state index contributed by atoms with van der Waals surface area (Å²) in [6, 6.07) is 0. The van der Waals surface area contributed by atoms with Crippen molar-refractivity contribution in [2.45, 2.75) is 32.6 Å². The number of ether oxygens (including phenoxy) is 1. The molecule has 2 fully saturated rings. The van der Waals surface area contributed by atoms with Gasteiger partial charge in [0.1, 0.15) is 0 Å². The molecule has 0 bridgehead atoms. The number of methoxy groups -OCH3 is 1. The number of likely N-dealkylation sites (tertiary alicyclic amines) is 2. The van der Waals surface area contributed by atoms with Crippen molar-refractivity contribution in [2.75, 3.05) is 39.8 Å². The Balaban J connectivity index is 1.72. The first-order chi connectivity index (χ1) is 9.63. The van der Waals surface area contributed by atoms with Crippen molar-refractivity contribution in [3.05, 3.63) is 0 Å². The van der Waals surface area contributed by atoms with Crippen LogP contribution in [0.25, 0.3) is 0 Å². The first-order valence-electron chi connectivity index (χ1n) is 7.72. The minimum atomic E-state index is -0.255. The number of nitrogens with zero attached hydrogens (tertiary/aromatic N) is 2. The largest absolute Gasteiger partial charge is 0.469 e. The molecule has 1 amide bonds. The SMILES string of the molecule is CCN1CCC(CCN2CC(C(=O)OC)CC2=O)CC1. The summed E-state index contributed by atoms with van der Waals surface area (Å²) in [6.45, 7) is 7.04. The third-order valence-corrected chi connectivity index (χ3v) is 4.71. The number of esters is 1. The van der Waals surface area contributed by atoms with Gasteiger partial charge < -0.3 is 14.5 Å². The molecule has 1 unspecified atom stereocenters. The molecule has 2 aliphatic rings. The van der Waals surface area contributed by atoms with Gasteiger partial charge in [-0.15, -0.1) is 0 Å². The Hall–Kier alpha value is -1.10. The van der Waals surface area contributed by atoms with Gasteiger partial charge >= 0.3 is 5.97 Å². The van der Waals surface area contributed by atoms with Crippen LogP contribution in [-0.4, -0.2) is 61.5 Å². The van der Waals surface area contributed by atoms with Crippen LogP contribution in [-0.2, 0) is 14.3 Å². The van der Waals surface area contributed by atoms with Crippen LogP contribution in [0.1, 0.15) is 32.6 Å². The summed E-state index contributed by atoms with van der Waals surface area (Å²) in [5.74, 6) is 0.320. The van der Waals surface area contributed by atoms with Gasteiger partial charge in [0.05, 0.1) is 13.0 Å². The summed E-state index contributed by atoms with van der Waals surface area (Å²) in [6.07, 6.45) is 3.85. The Labute approximate surface area is 121 Å². The second-order valence-electron chi connectivity index (χ2n) is 5.93. The lowest BCUT2D eigenvalue weighted by Gasteiger charge is -2.31. The molecule has 1 atom stereocenters. The maximum absolute atomic E-state index is 11.9. The highest BCUT2D eigenvalue weighted by molar-refractivity contribution is 5.86. The van der Waals surface area contributed by atoms with Crippen LogP contribution in [0.2, 0.25) is 0 Å². The van der Waals surface area contributed by atoms with E-state index in [2.05, 4.69) is 11.8 Å². The van der Waals surface area contributed by atoms with E-state index in [0.717, 1.165) is 25.4 Å². The zero-order valence-electron chi connectivity index (χ0n) is 12.6. The van der Waals surface area contributed by atoms with E-state index in [1.165, 1.54) is 33.0 Å². The van der Waals surface area contributed by atoms with Crippen LogP contribution >= 0.6 is 0 Å². The van der Waals surface area contributed by atoms with E-state index in [1.54, 1.807) is 0 Å². The summed E-state index contributed by atoms with van der Waals surface area (Å²) in [4.78, 5) is 27.7. The minimum Gasteiger partial charge on any atom is -0.469 e. The number of amides is 1. The number of piperidine rings is 1. The van der Waals surface area contributed by atoms with Crippen molar-refractivity contribution < 1.29 is 14.3 Å². The Bertz CT molecular complexity index is 351. The van der Waals surface area contributed by atoms with Crippen molar-refractivity contribution in [3.8, 4) is 0 Å². The van der Waals surface area contributed by atoms with Gasteiger partial charge in [0.2, 0.25) is 5.91 Å². The molecule has 0 aromatic heterocycles. The zero-order valence-corrected chi connectivity index (χ0v) is 12.6. The lowest BCUT2D eigenvalue weighted by molar-refractivity contribution is -0.145. The first-order valence-corrected chi connectivity index (χ1v) is 7.72. The normalized spacial score (nSPS) is 25.2. The Morgan fingerprint density at radius 1 is 1.35 bits per heavy atom. The van der Waals surface area contributed by atoms with Crippen molar-refractivity contribution in [1.82, 2.24) is 9.80 Å². The van der Waals surface area contributed by atoms with E-state index in [4.69, 9.17) is 4.74 Å². The predicted octanol–water partition coefficient (Wildman–Crippen LogP) is 1.13. The lowest BCUT2D eigenvalue weighted by Crippen LogP contribution is -2.35. The number of hydrogen-bond acceptors (Lipinski definition) is 4. The van der Waals surface area contributed by atoms with Crippen LogP contribution in [0, 0.1) is 11.8 Å². The fourth-order valence-electron chi connectivity index (χ4n) is 3.24. The van der Waals surface area contributed by atoms with Crippen molar-refractivity contribution in [1.29, 1.82) is 0 Å². The van der Waals surface area contributed by atoms with Crippen LogP contribution in [0.3, 0.4) is 0 Å². The van der Waals surface area contributed by atoms with Crippen molar-refractivity contribution in [2.24, 2.45) is 11.8 Å². The summed E-state index contributed by atoms with van der Waals surface area (Å²) < 4.78 is 4.73. The first kappa shape index (κ1) is 15.3. The van der Waals surface area contributed by atoms with Crippen molar-refractivity contribution in [3.63, 3.8) is 0 Å². The molecule has 0 aromatic carbocycles. The summed E-state index contributed by atoms with van der Waals surface area (Å²) in [5, 5.41) is 0. The van der Waals surface area contributed by atoms with Gasteiger partial charge in [-0.2, -0.15) is 0 Å². The molecular formula is C15H26N2O3. The molecule has 5 nitrogen and oxygen atoms in total. The molecule has 0 spiro atoms. The molecule has 5 heteroatoms. The number of hydrogen-bond donors (Lipinski definition) is 0. The molecule has 2 aliphatic heterocycles. The fourth-order valence-corrected chi connectivity index (χ4v) is 3.24. The highest BCUT2D eigenvalue weighted by Crippen LogP contribution is 2.24. The Morgan fingerprint density at radius 2 is 2.05 bits per heavy atom. The fraction of sp³-hybridized carbons (Fsp3) is 0.867. The standard InChI is InChI=1S/C15H26N2O3/c1-3-16-7-4-12(5-8-16)6-9-17-11-13(10-14(17)18)15(19)20-2/h12-13H,3-11H2,1-2H3. The topological polar surface area (TPSA) is 49.9 Å². The van der Waals surface area contributed by atoms with Crippen LogP contribution < -0.4 is 0 Å². The molecule has 2 rings (SSSR count). The number of rotatable bonds is 5. The van der Waals surface area contributed by atoms with Gasteiger partial charge in [-0.05, 0) is 44.8 Å². The molecule has 0 N–H and O–H groups in total. The summed E-state index contributed by atoms with van der Waals surface area (Å²) in [5.41, 5.74) is 0. The molecule has 2 saturated heterocycles. The van der Waals surface area contributed by atoms with E-state index >= 15 is 0 Å². The molecule has 114 valence electrons. The number of carbonyl (C=O) groups is 2. The van der Waals surface area contributed by atoms with E-state index in [9.17, 15) is 9.59 Å². The quantitative estimate of drug-likeness (QED) is 0.709. The van der Waals surface area contributed by atoms with Crippen LogP contribution in [0.4, 0.5) is 0 Å². The molecule has 2 heterocycles. The summed E-state index contributed by atoms with van der Waals surface area (Å²) in [7, 11) is 1.39. The number of carbonyl (C=O) groups excluding carboxylic acids is 2. The molecule has 0 saturated carbocycles. The van der Waals surface area contributed by atoms with Crippen LogP contribution in [0.5, 0.6) is 0 Å². The lowest BCUT2D eigenvalue weighted by atomic mass is 9.93. The van der Waals surface area contributed by atoms with Gasteiger partial charge in [0.25, 0.3) is 0 Å². The van der Waals surface area contributed by atoms with Gasteiger partial charge in [0, 0.05) is 19.5 Å². The summed E-state index contributed by atoms with van der Waals surface area (Å²) >= 11 is 0. The minimum absolute atomic E-state index is 0.103. The van der Waals surface area contributed by atoms with E-state index in [-0.39, 0.29) is 17.8 Å². The van der Waals surface area contributed by atoms with Gasteiger partial charge in [-0.25, -0.2) is 0 Å². The average molecular weight is 282 g/mol. The Kier molecular flexibility index (Phi) is 5.40. The van der Waals surface area contributed by atoms with E-state index in [1.807, 2.05) is 4.90 Å². The Morgan fingerprint density at radius 3 is 2.65 bits per heavy atom. The van der Waals surface area contributed by atoms with Gasteiger partial charge in [-0.1, -0.05) is 6.92 Å². The van der Waals surface area contributed by atoms with Crippen LogP contribution in [0.15, 0.2) is 0 Å². The highest BCUT2D eigenvalue weighted by atomic mass is 16.5. The van der Waals surface area contributed by atoms with Gasteiger partial charge in [-0.3, -0.25) is 9.59 Å². The third-order valence-electron chi connectivity index (χ3n) is 4.71. The van der Waals surface area contributed by atoms with Gasteiger partial charge in [0.15, 0.2) is 0 Å². The van der Waals surface area contributed by atoms with E-state index < -0.39 is 0 Å². The zero-order chi connectivity index (χ0) is 14.5. The van der Waals surface area contributed by atoms with E-state index in [0.29, 0.717) is 13.0 Å². The molecule has 0 aliphatic carbocycles. The smallest absolute Gasteiger partial charge is 0.310 e.